The zero-order valence-electron chi connectivity index (χ0n) is 21.6. The highest BCUT2D eigenvalue weighted by Gasteiger charge is 2.40. The van der Waals surface area contributed by atoms with Gasteiger partial charge in [0, 0.05) is 43.5 Å². The standard InChI is InChI=1S/C24H28F3N6O4PS/c1-15-16(2)37-38(34,36-15)14-18-8-5-6-10-20(18)31-23-30-13-19(24(25,26)27)21(32-23)29-12-17-9-7-11-28-22(17)33(3)39(4)35/h5-11,13,15-16H,12,14H2,1-4H3,(H2,29,30,31,32). The minimum atomic E-state index is -4.72. The first-order valence-corrected chi connectivity index (χ1v) is 15.1. The number of benzene rings is 1. The highest BCUT2D eigenvalue weighted by Crippen LogP contribution is 2.59. The molecule has 0 bridgehead atoms. The van der Waals surface area contributed by atoms with Crippen LogP contribution < -0.4 is 14.9 Å². The molecule has 0 saturated carbocycles. The molecule has 1 aromatic carbocycles. The maximum absolute atomic E-state index is 13.8. The number of anilines is 4. The smallest absolute Gasteiger partial charge is 0.365 e. The van der Waals surface area contributed by atoms with E-state index >= 15 is 0 Å². The van der Waals surface area contributed by atoms with Gasteiger partial charge in [-0.2, -0.15) is 18.2 Å². The predicted octanol–water partition coefficient (Wildman–Crippen LogP) is 5.49. The number of nitrogens with zero attached hydrogens (tertiary/aromatic N) is 4. The van der Waals surface area contributed by atoms with Crippen molar-refractivity contribution in [2.45, 2.75) is 44.9 Å². The van der Waals surface area contributed by atoms with E-state index in [2.05, 4.69) is 25.6 Å². The number of nitrogens with one attached hydrogen (secondary N) is 2. The summed E-state index contributed by atoms with van der Waals surface area (Å²) in [6.45, 7) is 3.47. The van der Waals surface area contributed by atoms with E-state index in [1.54, 1.807) is 57.3 Å². The Labute approximate surface area is 226 Å². The minimum absolute atomic E-state index is 0.0350. The Morgan fingerprint density at radius 3 is 2.41 bits per heavy atom. The predicted molar refractivity (Wildman–Crippen MR) is 143 cm³/mol. The zero-order chi connectivity index (χ0) is 28.4. The molecule has 3 heterocycles. The van der Waals surface area contributed by atoms with Crippen molar-refractivity contribution in [3.8, 4) is 0 Å². The van der Waals surface area contributed by atoms with E-state index in [1.807, 2.05) is 0 Å². The van der Waals surface area contributed by atoms with Crippen LogP contribution in [-0.2, 0) is 43.5 Å². The lowest BCUT2D eigenvalue weighted by atomic mass is 10.2. The molecule has 0 spiro atoms. The van der Waals surface area contributed by atoms with Crippen molar-refractivity contribution in [2.75, 3.05) is 28.2 Å². The summed E-state index contributed by atoms with van der Waals surface area (Å²) < 4.78 is 78.9. The molecule has 4 rings (SSSR count). The van der Waals surface area contributed by atoms with Crippen molar-refractivity contribution in [3.63, 3.8) is 0 Å². The third-order valence-corrected chi connectivity index (χ3v) is 9.01. The lowest BCUT2D eigenvalue weighted by Crippen LogP contribution is -2.22. The van der Waals surface area contributed by atoms with Crippen LogP contribution in [-0.4, -0.2) is 44.7 Å². The summed E-state index contributed by atoms with van der Waals surface area (Å²) in [5, 5.41) is 5.65. The quantitative estimate of drug-likeness (QED) is 0.315. The maximum Gasteiger partial charge on any atom is 0.421 e. The largest absolute Gasteiger partial charge is 0.421 e. The molecule has 3 atom stereocenters. The second-order valence-electron chi connectivity index (χ2n) is 8.89. The maximum atomic E-state index is 13.8. The summed E-state index contributed by atoms with van der Waals surface area (Å²) in [7, 11) is -3.23. The normalized spacial score (nSPS) is 21.9. The molecule has 3 unspecified atom stereocenters. The molecule has 1 saturated heterocycles. The van der Waals surface area contributed by atoms with Crippen LogP contribution in [0.4, 0.5) is 36.4 Å². The molecule has 10 nitrogen and oxygen atoms in total. The molecule has 2 aromatic heterocycles. The lowest BCUT2D eigenvalue weighted by Gasteiger charge is -2.19. The molecule has 39 heavy (non-hydrogen) atoms. The van der Waals surface area contributed by atoms with Crippen LogP contribution >= 0.6 is 7.60 Å². The summed E-state index contributed by atoms with van der Waals surface area (Å²) in [6, 6.07) is 10.1. The summed E-state index contributed by atoms with van der Waals surface area (Å²) in [5.74, 6) is -0.203. The molecule has 1 aliphatic heterocycles. The van der Waals surface area contributed by atoms with Crippen molar-refractivity contribution in [1.29, 1.82) is 0 Å². The molecule has 1 fully saturated rings. The summed E-state index contributed by atoms with van der Waals surface area (Å²) in [4.78, 5) is 12.2. The van der Waals surface area contributed by atoms with E-state index in [0.29, 0.717) is 28.8 Å². The molecule has 0 aliphatic carbocycles. The molecular weight excluding hydrogens is 556 g/mol. The Kier molecular flexibility index (Phi) is 8.60. The van der Waals surface area contributed by atoms with Crippen LogP contribution in [0.25, 0.3) is 0 Å². The van der Waals surface area contributed by atoms with Gasteiger partial charge in [-0.25, -0.2) is 14.2 Å². The van der Waals surface area contributed by atoms with Gasteiger partial charge < -0.3 is 19.7 Å². The summed E-state index contributed by atoms with van der Waals surface area (Å²) in [5.41, 5.74) is 0.473. The average Bonchev–Trinajstić information content (AvgIpc) is 3.13. The van der Waals surface area contributed by atoms with Gasteiger partial charge in [-0.1, -0.05) is 24.3 Å². The van der Waals surface area contributed by atoms with Gasteiger partial charge in [-0.15, -0.1) is 0 Å². The molecule has 2 N–H and O–H groups in total. The fraction of sp³-hybridized carbons (Fsp3) is 0.375. The third-order valence-electron chi connectivity index (χ3n) is 6.03. The lowest BCUT2D eigenvalue weighted by molar-refractivity contribution is -0.137. The zero-order valence-corrected chi connectivity index (χ0v) is 23.3. The number of pyridine rings is 1. The first kappa shape index (κ1) is 28.9. The topological polar surface area (TPSA) is 119 Å². The minimum Gasteiger partial charge on any atom is -0.365 e. The second-order valence-corrected chi connectivity index (χ2v) is 12.2. The van der Waals surface area contributed by atoms with Crippen molar-refractivity contribution in [1.82, 2.24) is 15.0 Å². The summed E-state index contributed by atoms with van der Waals surface area (Å²) in [6.07, 6.45) is -1.76. The number of aromatic nitrogens is 3. The van der Waals surface area contributed by atoms with Gasteiger partial charge in [0.05, 0.1) is 18.4 Å². The number of hydrogen-bond donors (Lipinski definition) is 2. The van der Waals surface area contributed by atoms with Gasteiger partial charge in [0.25, 0.3) is 0 Å². The molecular formula is C24H28F3N6O4PS. The number of halogens is 3. The highest BCUT2D eigenvalue weighted by atomic mass is 32.2. The van der Waals surface area contributed by atoms with Crippen molar-refractivity contribution >= 4 is 41.9 Å². The van der Waals surface area contributed by atoms with E-state index in [1.165, 1.54) is 16.8 Å². The van der Waals surface area contributed by atoms with E-state index in [4.69, 9.17) is 9.05 Å². The van der Waals surface area contributed by atoms with Crippen LogP contribution in [0.5, 0.6) is 0 Å². The van der Waals surface area contributed by atoms with Crippen molar-refractivity contribution in [2.24, 2.45) is 0 Å². The molecule has 210 valence electrons. The van der Waals surface area contributed by atoms with E-state index in [9.17, 15) is 21.9 Å². The van der Waals surface area contributed by atoms with Gasteiger partial charge in [0.15, 0.2) is 0 Å². The van der Waals surface area contributed by atoms with E-state index in [-0.39, 0.29) is 30.9 Å². The Morgan fingerprint density at radius 1 is 1.08 bits per heavy atom. The van der Waals surface area contributed by atoms with Crippen molar-refractivity contribution in [3.05, 3.63) is 65.5 Å². The van der Waals surface area contributed by atoms with Crippen LogP contribution in [0.15, 0.2) is 48.8 Å². The fourth-order valence-corrected chi connectivity index (χ4v) is 6.48. The molecule has 15 heteroatoms. The Balaban J connectivity index is 1.60. The Morgan fingerprint density at radius 2 is 1.74 bits per heavy atom. The molecule has 3 aromatic rings. The average molecular weight is 585 g/mol. The number of rotatable bonds is 9. The van der Waals surface area contributed by atoms with Crippen LogP contribution in [0.3, 0.4) is 0 Å². The SMILES string of the molecule is CC1OP(=O)(Cc2ccccc2Nc2ncc(C(F)(F)F)c(NCc3cccnc3N(C)S(C)=O)n2)OC1C. The molecule has 1 aliphatic rings. The van der Waals surface area contributed by atoms with Gasteiger partial charge in [-0.3, -0.25) is 8.87 Å². The summed E-state index contributed by atoms with van der Waals surface area (Å²) >= 11 is 0. The molecule has 0 amide bonds. The van der Waals surface area contributed by atoms with Crippen LogP contribution in [0.1, 0.15) is 30.5 Å². The Bertz CT molecular complexity index is 1400. The number of alkyl halides is 3. The van der Waals surface area contributed by atoms with Crippen LogP contribution in [0, 0.1) is 0 Å². The van der Waals surface area contributed by atoms with E-state index < -0.39 is 36.1 Å². The van der Waals surface area contributed by atoms with Gasteiger partial charge in [-0.05, 0) is 31.5 Å². The van der Waals surface area contributed by atoms with E-state index in [0.717, 1.165) is 0 Å². The number of para-hydroxylation sites is 1. The monoisotopic (exact) mass is 584 g/mol. The first-order valence-electron chi connectivity index (χ1n) is 11.9. The van der Waals surface area contributed by atoms with Gasteiger partial charge >= 0.3 is 13.8 Å². The van der Waals surface area contributed by atoms with Gasteiger partial charge in [0.1, 0.15) is 28.2 Å². The third kappa shape index (κ3) is 6.93. The number of hydrogen-bond acceptors (Lipinski definition) is 9. The second kappa shape index (κ2) is 11.6. The van der Waals surface area contributed by atoms with Gasteiger partial charge in [0.2, 0.25) is 5.95 Å². The van der Waals surface area contributed by atoms with Crippen molar-refractivity contribution < 1.29 is 31.0 Å². The first-order chi connectivity index (χ1) is 18.4. The molecule has 0 radical (unpaired) electrons. The van der Waals surface area contributed by atoms with Crippen LogP contribution in [0.2, 0.25) is 0 Å². The Hall–Kier alpha value is -3.06. The highest BCUT2D eigenvalue weighted by molar-refractivity contribution is 7.85. The fourth-order valence-electron chi connectivity index (χ4n) is 3.82.